The quantitative estimate of drug-likeness (QED) is 0.921. The number of aryl methyl sites for hydroxylation is 1. The number of nitrogens with one attached hydrogen (secondary N) is 1. The van der Waals surface area contributed by atoms with Gasteiger partial charge < -0.3 is 14.8 Å². The van der Waals surface area contributed by atoms with Crippen LogP contribution in [-0.2, 0) is 17.6 Å². The first kappa shape index (κ1) is 14.4. The van der Waals surface area contributed by atoms with Gasteiger partial charge >= 0.3 is 0 Å². The highest BCUT2D eigenvalue weighted by Crippen LogP contribution is 2.26. The summed E-state index contributed by atoms with van der Waals surface area (Å²) < 4.78 is 10.5. The number of hydrogen-bond acceptors (Lipinski definition) is 4. The van der Waals surface area contributed by atoms with E-state index in [1.807, 2.05) is 12.1 Å². The van der Waals surface area contributed by atoms with Crippen molar-refractivity contribution in [3.05, 3.63) is 47.7 Å². The number of anilines is 1. The van der Waals surface area contributed by atoms with Crippen molar-refractivity contribution in [2.24, 2.45) is 0 Å². The largest absolute Gasteiger partial charge is 0.493 e. The van der Waals surface area contributed by atoms with Crippen LogP contribution in [0.4, 0.5) is 5.69 Å². The summed E-state index contributed by atoms with van der Waals surface area (Å²) in [4.78, 5) is 16.0. The minimum Gasteiger partial charge on any atom is -0.493 e. The second kappa shape index (κ2) is 6.47. The Bertz CT molecular complexity index is 668. The number of methoxy groups -OCH3 is 1. The van der Waals surface area contributed by atoms with Crippen molar-refractivity contribution in [3.63, 3.8) is 0 Å². The molecule has 2 heterocycles. The molecule has 0 aliphatic carbocycles. The summed E-state index contributed by atoms with van der Waals surface area (Å²) in [6, 6.07) is 9.63. The van der Waals surface area contributed by atoms with Crippen LogP contribution in [0, 0.1) is 0 Å². The molecule has 1 aromatic heterocycles. The van der Waals surface area contributed by atoms with Gasteiger partial charge in [-0.15, -0.1) is 0 Å². The molecule has 5 heteroatoms. The Balaban J connectivity index is 1.53. The molecule has 114 valence electrons. The third-order valence-corrected chi connectivity index (χ3v) is 3.62. The van der Waals surface area contributed by atoms with Crippen LogP contribution in [0.3, 0.4) is 0 Å². The molecule has 0 saturated heterocycles. The zero-order valence-electron chi connectivity index (χ0n) is 12.5. The SMILES string of the molecule is COc1ccc(NC(=O)CCc2ccc3c(c2)CCO3)cn1. The van der Waals surface area contributed by atoms with Crippen molar-refractivity contribution < 1.29 is 14.3 Å². The van der Waals surface area contributed by atoms with E-state index in [2.05, 4.69) is 16.4 Å². The van der Waals surface area contributed by atoms with Gasteiger partial charge in [0, 0.05) is 18.9 Å². The number of carbonyl (C=O) groups is 1. The van der Waals surface area contributed by atoms with Crippen molar-refractivity contribution in [2.75, 3.05) is 19.0 Å². The number of ether oxygens (including phenoxy) is 2. The molecule has 1 N–H and O–H groups in total. The number of amides is 1. The molecule has 1 amide bonds. The van der Waals surface area contributed by atoms with E-state index in [4.69, 9.17) is 9.47 Å². The van der Waals surface area contributed by atoms with Crippen LogP contribution < -0.4 is 14.8 Å². The Labute approximate surface area is 129 Å². The van der Waals surface area contributed by atoms with Gasteiger partial charge in [0.05, 0.1) is 25.6 Å². The lowest BCUT2D eigenvalue weighted by Crippen LogP contribution is -2.12. The Morgan fingerprint density at radius 1 is 1.36 bits per heavy atom. The molecule has 0 unspecified atom stereocenters. The summed E-state index contributed by atoms with van der Waals surface area (Å²) in [5.41, 5.74) is 3.07. The molecule has 0 fully saturated rings. The van der Waals surface area contributed by atoms with Gasteiger partial charge in [-0.1, -0.05) is 12.1 Å². The summed E-state index contributed by atoms with van der Waals surface area (Å²) >= 11 is 0. The minimum absolute atomic E-state index is 0.0243. The number of rotatable bonds is 5. The van der Waals surface area contributed by atoms with E-state index >= 15 is 0 Å². The Morgan fingerprint density at radius 3 is 3.05 bits per heavy atom. The van der Waals surface area contributed by atoms with Crippen LogP contribution in [0.2, 0.25) is 0 Å². The average Bonchev–Trinajstić information content (AvgIpc) is 3.01. The molecule has 1 aliphatic rings. The maximum atomic E-state index is 12.0. The van der Waals surface area contributed by atoms with E-state index < -0.39 is 0 Å². The monoisotopic (exact) mass is 298 g/mol. The van der Waals surface area contributed by atoms with Gasteiger partial charge in [0.25, 0.3) is 0 Å². The molecule has 1 aliphatic heterocycles. The lowest BCUT2D eigenvalue weighted by atomic mass is 10.0. The summed E-state index contributed by atoms with van der Waals surface area (Å²) in [5.74, 6) is 1.47. The second-order valence-corrected chi connectivity index (χ2v) is 5.18. The third kappa shape index (κ3) is 3.36. The summed E-state index contributed by atoms with van der Waals surface area (Å²) in [5, 5.41) is 2.83. The normalized spacial score (nSPS) is 12.4. The van der Waals surface area contributed by atoms with Gasteiger partial charge in [-0.2, -0.15) is 0 Å². The predicted molar refractivity (Wildman–Crippen MR) is 83.4 cm³/mol. The Morgan fingerprint density at radius 2 is 2.27 bits per heavy atom. The van der Waals surface area contributed by atoms with Gasteiger partial charge in [-0.05, 0) is 29.7 Å². The first-order chi connectivity index (χ1) is 10.7. The number of pyridine rings is 1. The molecular weight excluding hydrogens is 280 g/mol. The summed E-state index contributed by atoms with van der Waals surface area (Å²) in [7, 11) is 1.56. The van der Waals surface area contributed by atoms with Crippen molar-refractivity contribution >= 4 is 11.6 Å². The maximum Gasteiger partial charge on any atom is 0.224 e. The second-order valence-electron chi connectivity index (χ2n) is 5.18. The Hall–Kier alpha value is -2.56. The van der Waals surface area contributed by atoms with E-state index in [1.54, 1.807) is 25.4 Å². The molecule has 0 spiro atoms. The van der Waals surface area contributed by atoms with Crippen molar-refractivity contribution in [3.8, 4) is 11.6 Å². The standard InChI is InChI=1S/C17H18N2O3/c1-21-17-7-4-14(11-18-17)19-16(20)6-3-12-2-5-15-13(10-12)8-9-22-15/h2,4-5,7,10-11H,3,6,8-9H2,1H3,(H,19,20). The Kier molecular flexibility index (Phi) is 4.23. The van der Waals surface area contributed by atoms with Crippen LogP contribution >= 0.6 is 0 Å². The molecule has 0 radical (unpaired) electrons. The highest BCUT2D eigenvalue weighted by molar-refractivity contribution is 5.90. The van der Waals surface area contributed by atoms with Gasteiger partial charge in [0.2, 0.25) is 11.8 Å². The van der Waals surface area contributed by atoms with E-state index in [-0.39, 0.29) is 5.91 Å². The third-order valence-electron chi connectivity index (χ3n) is 3.62. The van der Waals surface area contributed by atoms with E-state index in [0.29, 0.717) is 24.4 Å². The molecule has 0 bridgehead atoms. The zero-order valence-corrected chi connectivity index (χ0v) is 12.5. The summed E-state index contributed by atoms with van der Waals surface area (Å²) in [6.07, 6.45) is 3.69. The van der Waals surface area contributed by atoms with Crippen LogP contribution in [0.15, 0.2) is 36.5 Å². The molecule has 5 nitrogen and oxygen atoms in total. The number of fused-ring (bicyclic) bond motifs is 1. The molecule has 3 rings (SSSR count). The molecule has 2 aromatic rings. The average molecular weight is 298 g/mol. The fourth-order valence-corrected chi connectivity index (χ4v) is 2.45. The number of hydrogen-bond donors (Lipinski definition) is 1. The topological polar surface area (TPSA) is 60.5 Å². The minimum atomic E-state index is -0.0243. The van der Waals surface area contributed by atoms with Crippen LogP contribution in [0.1, 0.15) is 17.5 Å². The maximum absolute atomic E-state index is 12.0. The van der Waals surface area contributed by atoms with E-state index in [1.165, 1.54) is 5.56 Å². The van der Waals surface area contributed by atoms with E-state index in [9.17, 15) is 4.79 Å². The smallest absolute Gasteiger partial charge is 0.224 e. The highest BCUT2D eigenvalue weighted by atomic mass is 16.5. The molecule has 1 aromatic carbocycles. The fourth-order valence-electron chi connectivity index (χ4n) is 2.45. The molecule has 0 atom stereocenters. The first-order valence-corrected chi connectivity index (χ1v) is 7.29. The zero-order chi connectivity index (χ0) is 15.4. The van der Waals surface area contributed by atoms with Crippen molar-refractivity contribution in [2.45, 2.75) is 19.3 Å². The van der Waals surface area contributed by atoms with Crippen LogP contribution in [0.25, 0.3) is 0 Å². The van der Waals surface area contributed by atoms with Gasteiger partial charge in [-0.25, -0.2) is 4.98 Å². The van der Waals surface area contributed by atoms with Gasteiger partial charge in [0.1, 0.15) is 5.75 Å². The number of carbonyl (C=O) groups excluding carboxylic acids is 1. The summed E-state index contributed by atoms with van der Waals surface area (Å²) in [6.45, 7) is 0.754. The lowest BCUT2D eigenvalue weighted by Gasteiger charge is -2.07. The molecule has 0 saturated carbocycles. The lowest BCUT2D eigenvalue weighted by molar-refractivity contribution is -0.116. The van der Waals surface area contributed by atoms with Gasteiger partial charge in [0.15, 0.2) is 0 Å². The highest BCUT2D eigenvalue weighted by Gasteiger charge is 2.12. The first-order valence-electron chi connectivity index (χ1n) is 7.29. The van der Waals surface area contributed by atoms with Crippen molar-refractivity contribution in [1.29, 1.82) is 0 Å². The van der Waals surface area contributed by atoms with Crippen molar-refractivity contribution in [1.82, 2.24) is 4.98 Å². The number of aromatic nitrogens is 1. The molecular formula is C17H18N2O3. The number of nitrogens with zero attached hydrogens (tertiary/aromatic N) is 1. The van der Waals surface area contributed by atoms with Crippen LogP contribution in [0.5, 0.6) is 11.6 Å². The van der Waals surface area contributed by atoms with Gasteiger partial charge in [-0.3, -0.25) is 4.79 Å². The predicted octanol–water partition coefficient (Wildman–Crippen LogP) is 2.60. The molecule has 22 heavy (non-hydrogen) atoms. The number of benzene rings is 1. The fraction of sp³-hybridized carbons (Fsp3) is 0.294. The van der Waals surface area contributed by atoms with Crippen LogP contribution in [-0.4, -0.2) is 24.6 Å². The van der Waals surface area contributed by atoms with E-state index in [0.717, 1.165) is 24.3 Å².